The van der Waals surface area contributed by atoms with Gasteiger partial charge in [0.2, 0.25) is 0 Å². The summed E-state index contributed by atoms with van der Waals surface area (Å²) in [7, 11) is 0. The highest BCUT2D eigenvalue weighted by Crippen LogP contribution is 1.66. The van der Waals surface area contributed by atoms with Crippen molar-refractivity contribution in [3.8, 4) is 0 Å². The SMILES string of the molecule is [NH4+].c1cncnc1. The molecule has 1 aromatic heterocycles. The maximum absolute atomic E-state index is 3.67. The fraction of sp³-hybridized carbons (Fsp3) is 0. The first-order valence-corrected chi connectivity index (χ1v) is 1.70. The lowest BCUT2D eigenvalue weighted by molar-refractivity contribution is 1.17. The molecule has 0 aliphatic rings. The summed E-state index contributed by atoms with van der Waals surface area (Å²) in [5.41, 5.74) is 0. The first-order valence-electron chi connectivity index (χ1n) is 1.70. The summed E-state index contributed by atoms with van der Waals surface area (Å²) in [5.74, 6) is 0. The molecule has 3 heteroatoms. The van der Waals surface area contributed by atoms with Crippen LogP contribution in [0.5, 0.6) is 0 Å². The van der Waals surface area contributed by atoms with Crippen molar-refractivity contribution in [1.29, 1.82) is 0 Å². The van der Waals surface area contributed by atoms with Crippen molar-refractivity contribution in [1.82, 2.24) is 16.1 Å². The van der Waals surface area contributed by atoms with E-state index in [-0.39, 0.29) is 6.15 Å². The van der Waals surface area contributed by atoms with E-state index < -0.39 is 0 Å². The average Bonchev–Trinajstić information content (AvgIpc) is 1.72. The van der Waals surface area contributed by atoms with Gasteiger partial charge in [-0.05, 0) is 6.07 Å². The highest BCUT2D eigenvalue weighted by Gasteiger charge is 1.59. The third-order valence-corrected chi connectivity index (χ3v) is 0.478. The lowest BCUT2D eigenvalue weighted by Gasteiger charge is -1.70. The zero-order valence-corrected chi connectivity index (χ0v) is 4.20. The standard InChI is InChI=1S/C4H4N2.H3N/c1-2-5-4-6-3-1;/h1-4H;1H3/p+1. The maximum Gasteiger partial charge on any atom is 0.115 e. The molecule has 0 atom stereocenters. The van der Waals surface area contributed by atoms with Crippen molar-refractivity contribution >= 4 is 0 Å². The van der Waals surface area contributed by atoms with Gasteiger partial charge >= 0.3 is 0 Å². The predicted octanol–water partition coefficient (Wildman–Crippen LogP) is 0.853. The van der Waals surface area contributed by atoms with Crippen LogP contribution in [0.1, 0.15) is 0 Å². The molecular weight excluding hydrogens is 90.1 g/mol. The number of nitrogens with zero attached hydrogens (tertiary/aromatic N) is 2. The van der Waals surface area contributed by atoms with Gasteiger partial charge in [-0.25, -0.2) is 9.97 Å². The molecule has 0 bridgehead atoms. The van der Waals surface area contributed by atoms with E-state index in [9.17, 15) is 0 Å². The molecule has 1 heterocycles. The van der Waals surface area contributed by atoms with E-state index in [2.05, 4.69) is 9.97 Å². The zero-order chi connectivity index (χ0) is 4.24. The molecule has 0 fully saturated rings. The van der Waals surface area contributed by atoms with E-state index in [1.165, 1.54) is 6.33 Å². The van der Waals surface area contributed by atoms with Crippen LogP contribution in [0.25, 0.3) is 0 Å². The van der Waals surface area contributed by atoms with Crippen LogP contribution in [-0.2, 0) is 0 Å². The summed E-state index contributed by atoms with van der Waals surface area (Å²) in [6.07, 6.45) is 4.88. The summed E-state index contributed by atoms with van der Waals surface area (Å²) in [5, 5.41) is 0. The minimum absolute atomic E-state index is 0. The van der Waals surface area contributed by atoms with Crippen LogP contribution in [0.4, 0.5) is 0 Å². The lowest BCUT2D eigenvalue weighted by Crippen LogP contribution is -1.66. The van der Waals surface area contributed by atoms with Crippen LogP contribution in [0.2, 0.25) is 0 Å². The average molecular weight is 98.1 g/mol. The van der Waals surface area contributed by atoms with Crippen molar-refractivity contribution in [2.75, 3.05) is 0 Å². The Bertz CT molecular complexity index is 78.9. The molecule has 38 valence electrons. The van der Waals surface area contributed by atoms with Crippen LogP contribution in [-0.4, -0.2) is 9.97 Å². The van der Waals surface area contributed by atoms with Gasteiger partial charge in [0.05, 0.1) is 0 Å². The molecule has 0 aliphatic carbocycles. The van der Waals surface area contributed by atoms with Gasteiger partial charge < -0.3 is 6.15 Å². The Morgan fingerprint density at radius 3 is 1.71 bits per heavy atom. The van der Waals surface area contributed by atoms with E-state index in [0.717, 1.165) is 0 Å². The van der Waals surface area contributed by atoms with Crippen molar-refractivity contribution < 1.29 is 0 Å². The Morgan fingerprint density at radius 2 is 1.57 bits per heavy atom. The van der Waals surface area contributed by atoms with Gasteiger partial charge in [-0.1, -0.05) is 0 Å². The second kappa shape index (κ2) is 3.24. The highest BCUT2D eigenvalue weighted by atomic mass is 14.8. The summed E-state index contributed by atoms with van der Waals surface area (Å²) >= 11 is 0. The molecule has 0 saturated carbocycles. The highest BCUT2D eigenvalue weighted by molar-refractivity contribution is 4.74. The second-order valence-electron chi connectivity index (χ2n) is 0.904. The molecule has 0 unspecified atom stereocenters. The van der Waals surface area contributed by atoms with Crippen LogP contribution in [0, 0.1) is 0 Å². The van der Waals surface area contributed by atoms with E-state index in [1.807, 2.05) is 0 Å². The zero-order valence-electron chi connectivity index (χ0n) is 4.20. The summed E-state index contributed by atoms with van der Waals surface area (Å²) < 4.78 is 0. The third kappa shape index (κ3) is 1.83. The Morgan fingerprint density at radius 1 is 1.00 bits per heavy atom. The molecule has 1 aromatic rings. The summed E-state index contributed by atoms with van der Waals surface area (Å²) in [4.78, 5) is 7.35. The van der Waals surface area contributed by atoms with Gasteiger partial charge in [0.15, 0.2) is 0 Å². The van der Waals surface area contributed by atoms with Crippen molar-refractivity contribution in [2.24, 2.45) is 0 Å². The smallest absolute Gasteiger partial charge is 0.115 e. The van der Waals surface area contributed by atoms with Gasteiger partial charge in [-0.15, -0.1) is 0 Å². The van der Waals surface area contributed by atoms with Crippen LogP contribution in [0.15, 0.2) is 24.8 Å². The Hall–Kier alpha value is -0.960. The van der Waals surface area contributed by atoms with Crippen molar-refractivity contribution in [2.45, 2.75) is 0 Å². The molecule has 0 aromatic carbocycles. The van der Waals surface area contributed by atoms with Gasteiger partial charge in [0.1, 0.15) is 6.33 Å². The molecule has 0 radical (unpaired) electrons. The largest absolute Gasteiger partial charge is 0.369 e. The van der Waals surface area contributed by atoms with Crippen LogP contribution >= 0.6 is 0 Å². The molecule has 0 saturated heterocycles. The Labute approximate surface area is 42.0 Å². The molecule has 3 nitrogen and oxygen atoms in total. The summed E-state index contributed by atoms with van der Waals surface area (Å²) in [6.45, 7) is 0. The van der Waals surface area contributed by atoms with Crippen LogP contribution < -0.4 is 6.15 Å². The number of aromatic nitrogens is 2. The molecule has 0 spiro atoms. The molecule has 4 N–H and O–H groups in total. The topological polar surface area (TPSA) is 62.3 Å². The van der Waals surface area contributed by atoms with Gasteiger partial charge in [0, 0.05) is 12.4 Å². The molecule has 1 rings (SSSR count). The summed E-state index contributed by atoms with van der Waals surface area (Å²) in [6, 6.07) is 1.78. The molecule has 0 aliphatic heterocycles. The van der Waals surface area contributed by atoms with Crippen LogP contribution in [0.3, 0.4) is 0 Å². The Kier molecular flexibility index (Phi) is 2.79. The number of hydrogen-bond donors (Lipinski definition) is 1. The Balaban J connectivity index is 0.000000360. The molecule has 0 amide bonds. The first kappa shape index (κ1) is 6.04. The van der Waals surface area contributed by atoms with E-state index in [1.54, 1.807) is 18.5 Å². The predicted molar refractivity (Wildman–Crippen MR) is 28.0 cm³/mol. The van der Waals surface area contributed by atoms with E-state index in [0.29, 0.717) is 0 Å². The fourth-order valence-corrected chi connectivity index (χ4v) is 0.253. The monoisotopic (exact) mass is 98.1 g/mol. The van der Waals surface area contributed by atoms with Gasteiger partial charge in [-0.2, -0.15) is 0 Å². The van der Waals surface area contributed by atoms with Crippen molar-refractivity contribution in [3.63, 3.8) is 0 Å². The maximum atomic E-state index is 3.67. The van der Waals surface area contributed by atoms with Gasteiger partial charge in [-0.3, -0.25) is 0 Å². The van der Waals surface area contributed by atoms with E-state index in [4.69, 9.17) is 0 Å². The quantitative estimate of drug-likeness (QED) is 0.523. The molecular formula is C4H8N3+. The fourth-order valence-electron chi connectivity index (χ4n) is 0.253. The lowest BCUT2D eigenvalue weighted by atomic mass is 10.7. The molecule has 7 heavy (non-hydrogen) atoms. The van der Waals surface area contributed by atoms with E-state index >= 15 is 0 Å². The normalized spacial score (nSPS) is 6.86. The second-order valence-corrected chi connectivity index (χ2v) is 0.904. The first-order chi connectivity index (χ1) is 3.00. The number of rotatable bonds is 0. The number of hydrogen-bond acceptors (Lipinski definition) is 2. The minimum Gasteiger partial charge on any atom is -0.369 e. The van der Waals surface area contributed by atoms with Gasteiger partial charge in [0.25, 0.3) is 0 Å². The number of quaternary nitrogens is 1. The minimum atomic E-state index is 0. The van der Waals surface area contributed by atoms with Crippen molar-refractivity contribution in [3.05, 3.63) is 24.8 Å². The third-order valence-electron chi connectivity index (χ3n) is 0.478.